The fourth-order valence-electron chi connectivity index (χ4n) is 3.83. The SMILES string of the molecule is COc1ccccc1[N+]1(C)C(C(=O)Cl)=C(O)c2ccc3ccccc3c2S1(=O)=O. The third kappa shape index (κ3) is 2.51. The molecule has 8 heteroatoms. The van der Waals surface area contributed by atoms with Gasteiger partial charge in [-0.3, -0.25) is 4.79 Å². The molecule has 0 radical (unpaired) electrons. The maximum Gasteiger partial charge on any atom is 0.338 e. The van der Waals surface area contributed by atoms with E-state index >= 15 is 0 Å². The fraction of sp³-hybridized carbons (Fsp3) is 0.0952. The van der Waals surface area contributed by atoms with Gasteiger partial charge < -0.3 is 9.84 Å². The molecule has 3 aromatic rings. The van der Waals surface area contributed by atoms with Gasteiger partial charge in [-0.05, 0) is 29.1 Å². The molecular formula is C21H17ClNO5S+. The van der Waals surface area contributed by atoms with Crippen LogP contribution in [-0.4, -0.2) is 32.9 Å². The molecule has 4 rings (SSSR count). The van der Waals surface area contributed by atoms with Gasteiger partial charge in [0.15, 0.2) is 17.2 Å². The number of rotatable bonds is 3. The summed E-state index contributed by atoms with van der Waals surface area (Å²) in [6.07, 6.45) is 0. The molecule has 29 heavy (non-hydrogen) atoms. The lowest BCUT2D eigenvalue weighted by molar-refractivity contribution is -0.109. The number of allylic oxidation sites excluding steroid dienone is 1. The standard InChI is InChI=1S/C21H16ClNO5S/c1-23(16-9-5-6-10-17(16)28-2)18(21(22)25)19(24)15-12-11-13-7-3-4-8-14(13)20(15)29(23,26)27/h3-12H,1-2H3/p+1. The quantitative estimate of drug-likeness (QED) is 0.498. The van der Waals surface area contributed by atoms with Crippen molar-refractivity contribution in [1.29, 1.82) is 0 Å². The minimum absolute atomic E-state index is 0.0400. The number of methoxy groups -OCH3 is 1. The maximum absolute atomic E-state index is 14.0. The number of sulfonamides is 1. The predicted octanol–water partition coefficient (Wildman–Crippen LogP) is 4.18. The first-order valence-corrected chi connectivity index (χ1v) is 10.5. The molecule has 0 amide bonds. The Hall–Kier alpha value is -2.87. The molecule has 0 saturated heterocycles. The second-order valence-corrected chi connectivity index (χ2v) is 9.14. The van der Waals surface area contributed by atoms with Crippen LogP contribution >= 0.6 is 11.6 Å². The summed E-state index contributed by atoms with van der Waals surface area (Å²) >= 11 is 5.82. The second kappa shape index (κ2) is 6.59. The molecule has 0 bridgehead atoms. The van der Waals surface area contributed by atoms with Crippen LogP contribution in [0.25, 0.3) is 16.5 Å². The van der Waals surface area contributed by atoms with Gasteiger partial charge in [0.2, 0.25) is 0 Å². The van der Waals surface area contributed by atoms with Crippen molar-refractivity contribution in [3.8, 4) is 5.75 Å². The molecule has 1 aliphatic heterocycles. The van der Waals surface area contributed by atoms with Crippen LogP contribution in [0.4, 0.5) is 5.69 Å². The lowest BCUT2D eigenvalue weighted by Crippen LogP contribution is -2.53. The van der Waals surface area contributed by atoms with Gasteiger partial charge in [0.1, 0.15) is 4.90 Å². The van der Waals surface area contributed by atoms with E-state index in [1.54, 1.807) is 48.5 Å². The Morgan fingerprint density at radius 2 is 1.69 bits per heavy atom. The van der Waals surface area contributed by atoms with Crippen molar-refractivity contribution in [1.82, 2.24) is 3.89 Å². The summed E-state index contributed by atoms with van der Waals surface area (Å²) < 4.78 is 32.4. The van der Waals surface area contributed by atoms with Crippen LogP contribution in [0.2, 0.25) is 0 Å². The van der Waals surface area contributed by atoms with Crippen molar-refractivity contribution in [2.45, 2.75) is 4.90 Å². The lowest BCUT2D eigenvalue weighted by atomic mass is 10.0. The molecule has 148 valence electrons. The highest BCUT2D eigenvalue weighted by atomic mass is 35.5. The maximum atomic E-state index is 14.0. The summed E-state index contributed by atoms with van der Waals surface area (Å²) in [7, 11) is -1.58. The van der Waals surface area contributed by atoms with Crippen LogP contribution in [0.3, 0.4) is 0 Å². The van der Waals surface area contributed by atoms with Crippen LogP contribution in [0.15, 0.2) is 71.3 Å². The third-order valence-electron chi connectivity index (χ3n) is 5.26. The highest BCUT2D eigenvalue weighted by Gasteiger charge is 2.56. The predicted molar refractivity (Wildman–Crippen MR) is 112 cm³/mol. The normalized spacial score (nSPS) is 20.4. The van der Waals surface area contributed by atoms with Crippen LogP contribution in [-0.2, 0) is 14.8 Å². The smallest absolute Gasteiger partial charge is 0.338 e. The number of benzene rings is 3. The number of carbonyl (C=O) groups excluding carboxylic acids is 1. The van der Waals surface area contributed by atoms with Gasteiger partial charge in [-0.15, -0.1) is 3.89 Å². The fourth-order valence-corrected chi connectivity index (χ4v) is 6.23. The number of para-hydroxylation sites is 2. The number of likely N-dealkylation sites (N-methyl/N-ethyl adjacent to an activating group) is 1. The zero-order valence-electron chi connectivity index (χ0n) is 15.6. The van der Waals surface area contributed by atoms with Crippen molar-refractivity contribution in [3.63, 3.8) is 0 Å². The van der Waals surface area contributed by atoms with Gasteiger partial charge in [-0.2, -0.15) is 8.42 Å². The van der Waals surface area contributed by atoms with E-state index in [-0.39, 0.29) is 21.9 Å². The Balaban J connectivity index is 2.24. The number of quaternary nitrogens is 1. The number of ether oxygens (including phenoxy) is 1. The summed E-state index contributed by atoms with van der Waals surface area (Å²) in [6.45, 7) is 0. The number of aliphatic hydroxyl groups excluding tert-OH is 1. The molecule has 0 aliphatic carbocycles. The number of aliphatic hydroxyl groups is 1. The van der Waals surface area contributed by atoms with Crippen molar-refractivity contribution >= 4 is 49.1 Å². The average molecular weight is 431 g/mol. The van der Waals surface area contributed by atoms with Gasteiger partial charge in [0.05, 0.1) is 14.2 Å². The summed E-state index contributed by atoms with van der Waals surface area (Å²) in [5.41, 5.74) is -0.263. The molecule has 1 heterocycles. The van der Waals surface area contributed by atoms with E-state index in [0.717, 1.165) is 0 Å². The lowest BCUT2D eigenvalue weighted by Gasteiger charge is -2.36. The van der Waals surface area contributed by atoms with Crippen LogP contribution < -0.4 is 8.63 Å². The van der Waals surface area contributed by atoms with Crippen molar-refractivity contribution in [2.24, 2.45) is 0 Å². The summed E-state index contributed by atoms with van der Waals surface area (Å²) in [4.78, 5) is 12.3. The Labute approximate surface area is 172 Å². The molecule has 1 atom stereocenters. The first-order valence-electron chi connectivity index (χ1n) is 8.66. The van der Waals surface area contributed by atoms with Gasteiger partial charge in [0, 0.05) is 17.0 Å². The molecular weight excluding hydrogens is 414 g/mol. The van der Waals surface area contributed by atoms with Gasteiger partial charge in [-0.1, -0.05) is 42.5 Å². The first kappa shape index (κ1) is 19.4. The molecule has 6 nitrogen and oxygen atoms in total. The summed E-state index contributed by atoms with van der Waals surface area (Å²) in [6, 6.07) is 16.5. The van der Waals surface area contributed by atoms with Crippen molar-refractivity contribution in [2.75, 3.05) is 14.2 Å². The zero-order chi connectivity index (χ0) is 21.0. The molecule has 0 fully saturated rings. The minimum atomic E-state index is -4.29. The van der Waals surface area contributed by atoms with Crippen LogP contribution in [0, 0.1) is 0 Å². The topological polar surface area (TPSA) is 80.7 Å². The molecule has 0 saturated carbocycles. The van der Waals surface area contributed by atoms with E-state index in [1.807, 2.05) is 0 Å². The van der Waals surface area contributed by atoms with E-state index in [1.165, 1.54) is 26.3 Å². The minimum Gasteiger partial charge on any atom is -0.502 e. The largest absolute Gasteiger partial charge is 0.502 e. The molecule has 0 spiro atoms. The molecule has 1 unspecified atom stereocenters. The third-order valence-corrected chi connectivity index (χ3v) is 7.73. The van der Waals surface area contributed by atoms with E-state index in [2.05, 4.69) is 0 Å². The van der Waals surface area contributed by atoms with Crippen LogP contribution in [0.5, 0.6) is 5.75 Å². The van der Waals surface area contributed by atoms with Gasteiger partial charge in [0.25, 0.3) is 5.70 Å². The second-order valence-electron chi connectivity index (χ2n) is 6.71. The first-order chi connectivity index (χ1) is 13.7. The average Bonchev–Trinajstić information content (AvgIpc) is 2.71. The number of hydrogen-bond acceptors (Lipinski definition) is 5. The highest BCUT2D eigenvalue weighted by molar-refractivity contribution is 7.91. The Morgan fingerprint density at radius 3 is 2.38 bits per heavy atom. The highest BCUT2D eigenvalue weighted by Crippen LogP contribution is 2.49. The molecule has 3 aromatic carbocycles. The van der Waals surface area contributed by atoms with E-state index < -0.39 is 30.6 Å². The Kier molecular flexibility index (Phi) is 4.42. The summed E-state index contributed by atoms with van der Waals surface area (Å²) in [5.74, 6) is -0.237. The van der Waals surface area contributed by atoms with Crippen molar-refractivity contribution < 1.29 is 23.1 Å². The van der Waals surface area contributed by atoms with Gasteiger partial charge in [-0.25, -0.2) is 0 Å². The summed E-state index contributed by atoms with van der Waals surface area (Å²) in [5, 5.41) is 11.1. The monoisotopic (exact) mass is 430 g/mol. The van der Waals surface area contributed by atoms with Crippen molar-refractivity contribution in [3.05, 3.63) is 71.9 Å². The van der Waals surface area contributed by atoms with E-state index in [0.29, 0.717) is 10.8 Å². The number of halogens is 1. The van der Waals surface area contributed by atoms with E-state index in [4.69, 9.17) is 16.3 Å². The Morgan fingerprint density at radius 1 is 1.03 bits per heavy atom. The van der Waals surface area contributed by atoms with Crippen LogP contribution in [0.1, 0.15) is 5.56 Å². The molecule has 1 N–H and O–H groups in total. The number of carbonyl (C=O) groups is 1. The van der Waals surface area contributed by atoms with E-state index in [9.17, 15) is 18.3 Å². The molecule has 0 aromatic heterocycles. The number of fused-ring (bicyclic) bond motifs is 3. The number of hydrogen-bond donors (Lipinski definition) is 1. The van der Waals surface area contributed by atoms with Gasteiger partial charge >= 0.3 is 15.3 Å². The zero-order valence-corrected chi connectivity index (χ0v) is 17.2. The Bertz CT molecular complexity index is 1320. The molecule has 1 aliphatic rings. The number of nitrogens with zero attached hydrogens (tertiary/aromatic N) is 1.